The monoisotopic (exact) mass is 484 g/mol. The van der Waals surface area contributed by atoms with Gasteiger partial charge in [0.25, 0.3) is 5.91 Å². The number of carbonyl (C=O) groups is 2. The Morgan fingerprint density at radius 2 is 1.70 bits per heavy atom. The molecule has 1 saturated heterocycles. The smallest absolute Gasteiger partial charge is 0.416 e. The Bertz CT molecular complexity index is 1130. The van der Waals surface area contributed by atoms with Crippen LogP contribution in [0.4, 0.5) is 18.9 Å². The molecule has 0 spiro atoms. The number of piperidine rings is 1. The molecule has 0 aliphatic carbocycles. The van der Waals surface area contributed by atoms with Gasteiger partial charge >= 0.3 is 12.1 Å². The van der Waals surface area contributed by atoms with E-state index in [1.165, 1.54) is 41.6 Å². The number of benzene rings is 2. The van der Waals surface area contributed by atoms with Crippen LogP contribution < -0.4 is 5.32 Å². The highest BCUT2D eigenvalue weighted by molar-refractivity contribution is 7.89. The molecule has 2 aromatic rings. The molecule has 1 aliphatic heterocycles. The number of hydrogen-bond donors (Lipinski definition) is 1. The van der Waals surface area contributed by atoms with Gasteiger partial charge in [-0.25, -0.2) is 13.2 Å². The number of ether oxygens (including phenoxy) is 1. The predicted octanol–water partition coefficient (Wildman–Crippen LogP) is 4.06. The molecule has 0 aromatic heterocycles. The molecular formula is C22H23F3N2O5S. The fraction of sp³-hybridized carbons (Fsp3) is 0.364. The van der Waals surface area contributed by atoms with Crippen LogP contribution in [0.25, 0.3) is 0 Å². The summed E-state index contributed by atoms with van der Waals surface area (Å²) in [5, 5.41) is 2.27. The topological polar surface area (TPSA) is 92.8 Å². The third-order valence-electron chi connectivity index (χ3n) is 5.13. The highest BCUT2D eigenvalue weighted by atomic mass is 32.2. The maximum absolute atomic E-state index is 12.8. The molecule has 1 fully saturated rings. The quantitative estimate of drug-likeness (QED) is 0.625. The maximum atomic E-state index is 12.8. The molecule has 1 atom stereocenters. The molecule has 178 valence electrons. The molecule has 0 saturated carbocycles. The zero-order chi connectivity index (χ0) is 24.2. The minimum atomic E-state index is -4.57. The number of nitrogens with zero attached hydrogens (tertiary/aromatic N) is 1. The number of halogens is 3. The van der Waals surface area contributed by atoms with Gasteiger partial charge in [-0.2, -0.15) is 17.5 Å². The Morgan fingerprint density at radius 3 is 2.36 bits per heavy atom. The number of amides is 1. The zero-order valence-corrected chi connectivity index (χ0v) is 18.6. The molecule has 2 aromatic carbocycles. The summed E-state index contributed by atoms with van der Waals surface area (Å²) in [6.45, 7) is 2.07. The first-order valence-corrected chi connectivity index (χ1v) is 11.7. The van der Waals surface area contributed by atoms with Gasteiger partial charge in [-0.1, -0.05) is 18.6 Å². The fourth-order valence-corrected chi connectivity index (χ4v) is 4.90. The molecule has 1 aliphatic rings. The normalized spacial score (nSPS) is 16.1. The highest BCUT2D eigenvalue weighted by Gasteiger charge is 2.31. The van der Waals surface area contributed by atoms with Crippen molar-refractivity contribution in [3.8, 4) is 0 Å². The summed E-state index contributed by atoms with van der Waals surface area (Å²) >= 11 is 0. The van der Waals surface area contributed by atoms with E-state index in [9.17, 15) is 31.2 Å². The largest absolute Gasteiger partial charge is 0.449 e. The summed E-state index contributed by atoms with van der Waals surface area (Å²) in [4.78, 5) is 24.7. The van der Waals surface area contributed by atoms with E-state index < -0.39 is 39.7 Å². The number of alkyl halides is 3. The van der Waals surface area contributed by atoms with Crippen LogP contribution in [0.15, 0.2) is 53.4 Å². The molecule has 1 N–H and O–H groups in total. The second-order valence-corrected chi connectivity index (χ2v) is 9.55. The van der Waals surface area contributed by atoms with Crippen molar-refractivity contribution in [2.45, 2.75) is 43.4 Å². The summed E-state index contributed by atoms with van der Waals surface area (Å²) in [5.41, 5.74) is -1.10. The third kappa shape index (κ3) is 6.11. The van der Waals surface area contributed by atoms with Gasteiger partial charge in [0.05, 0.1) is 16.0 Å². The van der Waals surface area contributed by atoms with Crippen LogP contribution in [0.2, 0.25) is 0 Å². The fourth-order valence-electron chi connectivity index (χ4n) is 3.34. The van der Waals surface area contributed by atoms with Gasteiger partial charge in [-0.05, 0) is 56.2 Å². The van der Waals surface area contributed by atoms with Gasteiger partial charge in [-0.15, -0.1) is 0 Å². The second-order valence-electron chi connectivity index (χ2n) is 7.61. The van der Waals surface area contributed by atoms with Crippen molar-refractivity contribution in [1.82, 2.24) is 4.31 Å². The zero-order valence-electron chi connectivity index (χ0n) is 17.8. The van der Waals surface area contributed by atoms with Gasteiger partial charge in [0.1, 0.15) is 0 Å². The first-order chi connectivity index (χ1) is 15.5. The van der Waals surface area contributed by atoms with E-state index in [4.69, 9.17) is 4.74 Å². The van der Waals surface area contributed by atoms with Crippen molar-refractivity contribution in [2.75, 3.05) is 18.4 Å². The number of nitrogens with one attached hydrogen (secondary N) is 1. The van der Waals surface area contributed by atoms with Crippen LogP contribution in [-0.2, 0) is 25.7 Å². The molecule has 1 heterocycles. The standard InChI is InChI=1S/C22H23F3N2O5S/c1-15(20(28)26-18-9-6-8-17(14-18)22(23,24)25)32-21(29)16-7-5-10-19(13-16)33(30,31)27-11-3-2-4-12-27/h5-10,13-15H,2-4,11-12H2,1H3,(H,26,28). The Labute approximate surface area is 189 Å². The summed E-state index contributed by atoms with van der Waals surface area (Å²) in [7, 11) is -3.77. The van der Waals surface area contributed by atoms with Gasteiger partial charge < -0.3 is 10.1 Å². The first-order valence-electron chi connectivity index (χ1n) is 10.3. The SMILES string of the molecule is CC(OC(=O)c1cccc(S(=O)(=O)N2CCCCC2)c1)C(=O)Nc1cccc(C(F)(F)F)c1. The van der Waals surface area contributed by atoms with E-state index in [1.54, 1.807) is 0 Å². The van der Waals surface area contributed by atoms with Crippen LogP contribution >= 0.6 is 0 Å². The Morgan fingerprint density at radius 1 is 1.03 bits per heavy atom. The number of hydrogen-bond acceptors (Lipinski definition) is 5. The van der Waals surface area contributed by atoms with Gasteiger partial charge in [-0.3, -0.25) is 4.79 Å². The van der Waals surface area contributed by atoms with E-state index in [1.807, 2.05) is 0 Å². The lowest BCUT2D eigenvalue weighted by molar-refractivity contribution is -0.137. The minimum absolute atomic E-state index is 0.0556. The van der Waals surface area contributed by atoms with E-state index in [-0.39, 0.29) is 16.1 Å². The van der Waals surface area contributed by atoms with Crippen molar-refractivity contribution in [1.29, 1.82) is 0 Å². The van der Waals surface area contributed by atoms with Gasteiger partial charge in [0.2, 0.25) is 10.0 Å². The number of sulfonamides is 1. The molecule has 33 heavy (non-hydrogen) atoms. The average Bonchev–Trinajstić information content (AvgIpc) is 2.79. The van der Waals surface area contributed by atoms with E-state index >= 15 is 0 Å². The Balaban J connectivity index is 1.67. The second kappa shape index (κ2) is 9.92. The maximum Gasteiger partial charge on any atom is 0.416 e. The molecule has 1 amide bonds. The molecule has 11 heteroatoms. The van der Waals surface area contributed by atoms with Crippen LogP contribution in [0.5, 0.6) is 0 Å². The Hall–Kier alpha value is -2.92. The number of rotatable bonds is 6. The highest BCUT2D eigenvalue weighted by Crippen LogP contribution is 2.30. The summed E-state index contributed by atoms with van der Waals surface area (Å²) in [6, 6.07) is 9.37. The lowest BCUT2D eigenvalue weighted by atomic mass is 10.2. The van der Waals surface area contributed by atoms with Gasteiger partial charge in [0.15, 0.2) is 6.10 Å². The molecule has 0 bridgehead atoms. The molecule has 3 rings (SSSR count). The van der Waals surface area contributed by atoms with E-state index in [0.717, 1.165) is 37.5 Å². The van der Waals surface area contributed by atoms with E-state index in [2.05, 4.69) is 5.32 Å². The van der Waals surface area contributed by atoms with Crippen LogP contribution in [0.3, 0.4) is 0 Å². The van der Waals surface area contributed by atoms with Crippen LogP contribution in [-0.4, -0.2) is 43.8 Å². The summed E-state index contributed by atoms with van der Waals surface area (Å²) in [6.07, 6.45) is -3.43. The summed E-state index contributed by atoms with van der Waals surface area (Å²) in [5.74, 6) is -1.77. The van der Waals surface area contributed by atoms with Crippen molar-refractivity contribution in [3.63, 3.8) is 0 Å². The average molecular weight is 484 g/mol. The number of esters is 1. The molecule has 7 nitrogen and oxygen atoms in total. The third-order valence-corrected chi connectivity index (χ3v) is 7.03. The summed E-state index contributed by atoms with van der Waals surface area (Å²) < 4.78 is 70.6. The first kappa shape index (κ1) is 24.7. The van der Waals surface area contributed by atoms with Crippen molar-refractivity contribution in [3.05, 3.63) is 59.7 Å². The number of anilines is 1. The van der Waals surface area contributed by atoms with Crippen molar-refractivity contribution in [2.24, 2.45) is 0 Å². The van der Waals surface area contributed by atoms with Crippen LogP contribution in [0, 0.1) is 0 Å². The molecule has 0 radical (unpaired) electrons. The minimum Gasteiger partial charge on any atom is -0.449 e. The van der Waals surface area contributed by atoms with E-state index in [0.29, 0.717) is 13.1 Å². The molecule has 1 unspecified atom stereocenters. The predicted molar refractivity (Wildman–Crippen MR) is 114 cm³/mol. The number of carbonyl (C=O) groups excluding carboxylic acids is 2. The van der Waals surface area contributed by atoms with Crippen LogP contribution in [0.1, 0.15) is 42.1 Å². The van der Waals surface area contributed by atoms with Gasteiger partial charge in [0, 0.05) is 18.8 Å². The lowest BCUT2D eigenvalue weighted by Crippen LogP contribution is -2.35. The Kier molecular flexibility index (Phi) is 7.43. The molecular weight excluding hydrogens is 461 g/mol. The van der Waals surface area contributed by atoms with Crippen molar-refractivity contribution < 1.29 is 35.9 Å². The van der Waals surface area contributed by atoms with Crippen molar-refractivity contribution >= 4 is 27.6 Å². The lowest BCUT2D eigenvalue weighted by Gasteiger charge is -2.26.